The molecule has 2 rings (SSSR count). The average Bonchev–Trinajstić information content (AvgIpc) is 2.56. The number of carbonyl (C=O) groups excluding carboxylic acids is 2. The average molecular weight is 318 g/mol. The second-order valence-electron chi connectivity index (χ2n) is 5.99. The molecule has 0 saturated carbocycles. The van der Waals surface area contributed by atoms with Crippen LogP contribution in [0.5, 0.6) is 5.75 Å². The molecule has 0 bridgehead atoms. The predicted molar refractivity (Wildman–Crippen MR) is 91.0 cm³/mol. The van der Waals surface area contributed by atoms with E-state index in [2.05, 4.69) is 0 Å². The summed E-state index contributed by atoms with van der Waals surface area (Å²) in [6.45, 7) is 6.65. The fraction of sp³-hybridized carbons (Fsp3) is 0.556. The summed E-state index contributed by atoms with van der Waals surface area (Å²) in [7, 11) is 0. The summed E-state index contributed by atoms with van der Waals surface area (Å²) in [6.07, 6.45) is 2.92. The molecule has 0 saturated heterocycles. The number of fused-ring (bicyclic) bond motifs is 1. The topological polar surface area (TPSA) is 72.6 Å². The molecule has 5 heteroatoms. The Kier molecular flexibility index (Phi) is 5.42. The maximum Gasteiger partial charge on any atom is 0.271 e. The molecule has 1 amide bonds. The molecule has 0 unspecified atom stereocenters. The third kappa shape index (κ3) is 3.24. The second-order valence-corrected chi connectivity index (χ2v) is 5.99. The fourth-order valence-corrected chi connectivity index (χ4v) is 2.98. The van der Waals surface area contributed by atoms with E-state index in [9.17, 15) is 9.59 Å². The van der Waals surface area contributed by atoms with Gasteiger partial charge in [-0.05, 0) is 57.4 Å². The smallest absolute Gasteiger partial charge is 0.271 e. The van der Waals surface area contributed by atoms with Crippen LogP contribution >= 0.6 is 0 Å². The van der Waals surface area contributed by atoms with Gasteiger partial charge in [-0.2, -0.15) is 0 Å². The van der Waals surface area contributed by atoms with E-state index in [4.69, 9.17) is 10.5 Å². The number of unbranched alkanes of at least 4 members (excludes halogenated alkanes) is 1. The zero-order valence-corrected chi connectivity index (χ0v) is 14.2. The summed E-state index contributed by atoms with van der Waals surface area (Å²) < 4.78 is 6.07. The van der Waals surface area contributed by atoms with Crippen molar-refractivity contribution < 1.29 is 14.3 Å². The first-order valence-corrected chi connectivity index (χ1v) is 8.35. The van der Waals surface area contributed by atoms with E-state index in [0.29, 0.717) is 42.9 Å². The number of nitrogens with zero attached hydrogens (tertiary/aromatic N) is 1. The number of amides is 1. The Labute approximate surface area is 137 Å². The van der Waals surface area contributed by atoms with Gasteiger partial charge in [-0.1, -0.05) is 13.8 Å². The van der Waals surface area contributed by atoms with E-state index in [1.54, 1.807) is 23.1 Å². The molecule has 1 aromatic carbocycles. The Bertz CT molecular complexity index is 594. The molecule has 0 fully saturated rings. The first kappa shape index (κ1) is 17.5. The number of benzene rings is 1. The first-order valence-electron chi connectivity index (χ1n) is 8.35. The second kappa shape index (κ2) is 7.13. The Hall–Kier alpha value is -1.88. The van der Waals surface area contributed by atoms with Gasteiger partial charge in [-0.25, -0.2) is 0 Å². The molecule has 0 spiro atoms. The predicted octanol–water partition coefficient (Wildman–Crippen LogP) is 2.91. The summed E-state index contributed by atoms with van der Waals surface area (Å²) >= 11 is 0. The number of ether oxygens (including phenoxy) is 1. The number of Topliss-reactive ketones (excluding diaryl/α,β-unsaturated/α-hetero) is 1. The molecule has 1 heterocycles. The fourth-order valence-electron chi connectivity index (χ4n) is 2.98. The van der Waals surface area contributed by atoms with Crippen LogP contribution < -0.4 is 15.4 Å². The standard InChI is InChI=1S/C18H26N2O3/c1-4-18(5-2)17(22)20(11-7-6-10-19)15-12-14(13(3)21)8-9-16(15)23-18/h8-9,12H,4-7,10-11,19H2,1-3H3. The van der Waals surface area contributed by atoms with Crippen molar-refractivity contribution in [3.8, 4) is 5.75 Å². The van der Waals surface area contributed by atoms with Crippen LogP contribution in [-0.2, 0) is 4.79 Å². The lowest BCUT2D eigenvalue weighted by atomic mass is 9.92. The van der Waals surface area contributed by atoms with Gasteiger partial charge in [-0.15, -0.1) is 0 Å². The normalized spacial score (nSPS) is 16.0. The molecular weight excluding hydrogens is 292 g/mol. The quantitative estimate of drug-likeness (QED) is 0.620. The van der Waals surface area contributed by atoms with Gasteiger partial charge in [0.1, 0.15) is 5.75 Å². The number of hydrogen-bond acceptors (Lipinski definition) is 4. The van der Waals surface area contributed by atoms with E-state index in [-0.39, 0.29) is 11.7 Å². The van der Waals surface area contributed by atoms with Gasteiger partial charge in [0.25, 0.3) is 5.91 Å². The molecular formula is C18H26N2O3. The number of nitrogens with two attached hydrogens (primary N) is 1. The van der Waals surface area contributed by atoms with Gasteiger partial charge < -0.3 is 15.4 Å². The minimum absolute atomic E-state index is 0.0206. The monoisotopic (exact) mass is 318 g/mol. The first-order chi connectivity index (χ1) is 11.0. The van der Waals surface area contributed by atoms with Crippen molar-refractivity contribution in [1.82, 2.24) is 0 Å². The lowest BCUT2D eigenvalue weighted by Gasteiger charge is -2.42. The molecule has 1 aromatic rings. The van der Waals surface area contributed by atoms with Crippen LogP contribution in [0, 0.1) is 0 Å². The van der Waals surface area contributed by atoms with Crippen molar-refractivity contribution in [2.75, 3.05) is 18.0 Å². The van der Waals surface area contributed by atoms with Crippen LogP contribution in [0.1, 0.15) is 56.8 Å². The molecule has 0 radical (unpaired) electrons. The van der Waals surface area contributed by atoms with Crippen molar-refractivity contribution in [3.63, 3.8) is 0 Å². The molecule has 126 valence electrons. The highest BCUT2D eigenvalue weighted by Crippen LogP contribution is 2.41. The van der Waals surface area contributed by atoms with Crippen LogP contribution in [0.4, 0.5) is 5.69 Å². The molecule has 5 nitrogen and oxygen atoms in total. The highest BCUT2D eigenvalue weighted by molar-refractivity contribution is 6.04. The van der Waals surface area contributed by atoms with Gasteiger partial charge in [0.2, 0.25) is 0 Å². The van der Waals surface area contributed by atoms with Crippen LogP contribution in [-0.4, -0.2) is 30.4 Å². The maximum atomic E-state index is 13.0. The van der Waals surface area contributed by atoms with E-state index in [1.165, 1.54) is 6.92 Å². The van der Waals surface area contributed by atoms with Crippen LogP contribution in [0.15, 0.2) is 18.2 Å². The Balaban J connectivity index is 2.46. The summed E-state index contributed by atoms with van der Waals surface area (Å²) in [6, 6.07) is 5.31. The summed E-state index contributed by atoms with van der Waals surface area (Å²) in [5.74, 6) is 0.628. The van der Waals surface area contributed by atoms with Crippen LogP contribution in [0.2, 0.25) is 0 Å². The van der Waals surface area contributed by atoms with Crippen molar-refractivity contribution in [2.45, 2.75) is 52.1 Å². The maximum absolute atomic E-state index is 13.0. The number of rotatable bonds is 7. The van der Waals surface area contributed by atoms with E-state index >= 15 is 0 Å². The third-order valence-electron chi connectivity index (χ3n) is 4.57. The SMILES string of the molecule is CCC1(CC)Oc2ccc(C(C)=O)cc2N(CCCCN)C1=O. The number of ketones is 1. The summed E-state index contributed by atoms with van der Waals surface area (Å²) in [4.78, 5) is 26.5. The van der Waals surface area contributed by atoms with Crippen LogP contribution in [0.3, 0.4) is 0 Å². The molecule has 1 aliphatic heterocycles. The molecule has 2 N–H and O–H groups in total. The molecule has 0 atom stereocenters. The molecule has 23 heavy (non-hydrogen) atoms. The minimum atomic E-state index is -0.812. The van der Waals surface area contributed by atoms with Gasteiger partial charge in [0.05, 0.1) is 5.69 Å². The summed E-state index contributed by atoms with van der Waals surface area (Å²) in [5, 5.41) is 0. The van der Waals surface area contributed by atoms with E-state index < -0.39 is 5.60 Å². The minimum Gasteiger partial charge on any atom is -0.475 e. The highest BCUT2D eigenvalue weighted by atomic mass is 16.5. The van der Waals surface area contributed by atoms with Crippen molar-refractivity contribution in [3.05, 3.63) is 23.8 Å². The van der Waals surface area contributed by atoms with E-state index in [1.807, 2.05) is 13.8 Å². The van der Waals surface area contributed by atoms with Gasteiger partial charge >= 0.3 is 0 Å². The molecule has 1 aliphatic rings. The number of anilines is 1. The summed E-state index contributed by atoms with van der Waals surface area (Å²) in [5.41, 5.74) is 6.04. The highest BCUT2D eigenvalue weighted by Gasteiger charge is 2.45. The number of hydrogen-bond donors (Lipinski definition) is 1. The molecule has 0 aliphatic carbocycles. The Morgan fingerprint density at radius 2 is 1.96 bits per heavy atom. The lowest BCUT2D eigenvalue weighted by molar-refractivity contribution is -0.136. The zero-order chi connectivity index (χ0) is 17.0. The third-order valence-corrected chi connectivity index (χ3v) is 4.57. The Morgan fingerprint density at radius 1 is 1.26 bits per heavy atom. The lowest BCUT2D eigenvalue weighted by Crippen LogP contribution is -2.55. The van der Waals surface area contributed by atoms with Crippen molar-refractivity contribution in [1.29, 1.82) is 0 Å². The number of carbonyl (C=O) groups is 2. The van der Waals surface area contributed by atoms with E-state index in [0.717, 1.165) is 12.8 Å². The van der Waals surface area contributed by atoms with Crippen molar-refractivity contribution in [2.24, 2.45) is 5.73 Å². The van der Waals surface area contributed by atoms with Gasteiger partial charge in [0.15, 0.2) is 11.4 Å². The molecule has 0 aromatic heterocycles. The van der Waals surface area contributed by atoms with Crippen molar-refractivity contribution >= 4 is 17.4 Å². The zero-order valence-electron chi connectivity index (χ0n) is 14.2. The largest absolute Gasteiger partial charge is 0.475 e. The Morgan fingerprint density at radius 3 is 2.52 bits per heavy atom. The van der Waals surface area contributed by atoms with Gasteiger partial charge in [0, 0.05) is 12.1 Å². The van der Waals surface area contributed by atoms with Gasteiger partial charge in [-0.3, -0.25) is 9.59 Å². The van der Waals surface area contributed by atoms with Crippen LogP contribution in [0.25, 0.3) is 0 Å².